The number of benzene rings is 3. The van der Waals surface area contributed by atoms with Crippen LogP contribution in [-0.4, -0.2) is 5.78 Å². The molecular formula is C32H29ClFN3OS. The van der Waals surface area contributed by atoms with Gasteiger partial charge in [-0.25, -0.2) is 4.39 Å². The smallest absolute Gasteiger partial charge is 0.161 e. The van der Waals surface area contributed by atoms with Crippen LogP contribution in [0.4, 0.5) is 10.1 Å². The summed E-state index contributed by atoms with van der Waals surface area (Å²) in [4.78, 5) is 15.2. The first-order chi connectivity index (χ1) is 18.8. The molecular weight excluding hydrogens is 529 g/mol. The Morgan fingerprint density at radius 3 is 2.56 bits per heavy atom. The Labute approximate surface area is 238 Å². The van der Waals surface area contributed by atoms with Gasteiger partial charge in [-0.3, -0.25) is 9.69 Å². The van der Waals surface area contributed by atoms with Gasteiger partial charge >= 0.3 is 0 Å². The number of halogens is 2. The minimum Gasteiger partial charge on any atom is -0.384 e. The average Bonchev–Trinajstić information content (AvgIpc) is 2.92. The van der Waals surface area contributed by atoms with Gasteiger partial charge in [-0.2, -0.15) is 17.0 Å². The molecule has 4 nitrogen and oxygen atoms in total. The summed E-state index contributed by atoms with van der Waals surface area (Å²) in [6, 6.07) is 21.3. The Kier molecular flexibility index (Phi) is 7.83. The largest absolute Gasteiger partial charge is 0.384 e. The summed E-state index contributed by atoms with van der Waals surface area (Å²) in [5.74, 6) is 0.871. The minimum atomic E-state index is -0.552. The molecule has 0 bridgehead atoms. The van der Waals surface area contributed by atoms with Crippen molar-refractivity contribution in [3.05, 3.63) is 122 Å². The summed E-state index contributed by atoms with van der Waals surface area (Å²) in [7, 11) is 0. The fourth-order valence-electron chi connectivity index (χ4n) is 5.55. The second-order valence-electron chi connectivity index (χ2n) is 10.0. The minimum absolute atomic E-state index is 0.0136. The average molecular weight is 558 g/mol. The van der Waals surface area contributed by atoms with Crippen molar-refractivity contribution in [2.45, 2.75) is 50.5 Å². The molecule has 2 N–H and O–H groups in total. The maximum absolute atomic E-state index is 14.0. The van der Waals surface area contributed by atoms with Gasteiger partial charge in [0.1, 0.15) is 11.6 Å². The highest BCUT2D eigenvalue weighted by Crippen LogP contribution is 2.47. The Morgan fingerprint density at radius 1 is 1.08 bits per heavy atom. The zero-order chi connectivity index (χ0) is 27.7. The number of hydrogen-bond donors (Lipinski definition) is 1. The number of aryl methyl sites for hydroxylation is 2. The van der Waals surface area contributed by atoms with Gasteiger partial charge < -0.3 is 5.73 Å². The zero-order valence-electron chi connectivity index (χ0n) is 21.9. The summed E-state index contributed by atoms with van der Waals surface area (Å²) in [6.07, 6.45) is 1.71. The number of allylic oxidation sites excluding steroid dienone is 3. The number of nitrogens with zero attached hydrogens (tertiary/aromatic N) is 2. The molecule has 7 heteroatoms. The van der Waals surface area contributed by atoms with Crippen molar-refractivity contribution in [2.24, 2.45) is 5.73 Å². The van der Waals surface area contributed by atoms with Gasteiger partial charge in [-0.1, -0.05) is 54.1 Å². The van der Waals surface area contributed by atoms with Crippen molar-refractivity contribution in [1.29, 1.82) is 5.26 Å². The van der Waals surface area contributed by atoms with Gasteiger partial charge in [0.15, 0.2) is 5.78 Å². The Bertz CT molecular complexity index is 1560. The van der Waals surface area contributed by atoms with E-state index in [0.29, 0.717) is 36.1 Å². The lowest BCUT2D eigenvalue weighted by atomic mass is 9.74. The molecule has 0 aromatic heterocycles. The molecule has 0 fully saturated rings. The standard InChI is InChI=1S/C32H29ClFN3OS/c1-19-13-20(2)24(14-22(19)18-39-17-21-7-4-3-5-8-21)30-25(16-35)32(36)37(23-11-12-27(34)26(33)15-23)28-9-6-10-29(38)31(28)30/h3-5,7-8,11-15,30H,6,9-10,17-18,36H2,1-2H3. The first kappa shape index (κ1) is 27.1. The summed E-state index contributed by atoms with van der Waals surface area (Å²) in [5, 5.41) is 10.3. The monoisotopic (exact) mass is 557 g/mol. The molecule has 5 rings (SSSR count). The Morgan fingerprint density at radius 2 is 1.85 bits per heavy atom. The number of nitriles is 1. The van der Waals surface area contributed by atoms with E-state index in [1.54, 1.807) is 11.0 Å². The quantitative estimate of drug-likeness (QED) is 0.334. The third-order valence-corrected chi connectivity index (χ3v) is 8.82. The van der Waals surface area contributed by atoms with Crippen LogP contribution in [0.3, 0.4) is 0 Å². The molecule has 3 aromatic carbocycles. The molecule has 1 aliphatic carbocycles. The molecule has 1 aliphatic heterocycles. The number of thioether (sulfide) groups is 1. The van der Waals surface area contributed by atoms with Crippen LogP contribution in [0.15, 0.2) is 83.3 Å². The topological polar surface area (TPSA) is 70.1 Å². The van der Waals surface area contributed by atoms with E-state index in [1.165, 1.54) is 28.8 Å². The van der Waals surface area contributed by atoms with Crippen LogP contribution >= 0.6 is 23.4 Å². The molecule has 1 atom stereocenters. The Hall–Kier alpha value is -3.53. The fourth-order valence-corrected chi connectivity index (χ4v) is 6.79. The molecule has 1 unspecified atom stereocenters. The van der Waals surface area contributed by atoms with Crippen LogP contribution in [0, 0.1) is 31.0 Å². The maximum atomic E-state index is 14.0. The SMILES string of the molecule is Cc1cc(C)c(C2C(C#N)=C(N)N(c3ccc(F)c(Cl)c3)C3=C2C(=O)CCC3)cc1CSCc1ccccc1. The van der Waals surface area contributed by atoms with E-state index in [9.17, 15) is 14.4 Å². The number of anilines is 1. The number of nitrogens with two attached hydrogens (primary N) is 1. The molecule has 0 radical (unpaired) electrons. The van der Waals surface area contributed by atoms with E-state index in [0.717, 1.165) is 28.3 Å². The maximum Gasteiger partial charge on any atom is 0.161 e. The highest BCUT2D eigenvalue weighted by molar-refractivity contribution is 7.97. The van der Waals surface area contributed by atoms with Crippen LogP contribution < -0.4 is 10.6 Å². The predicted octanol–water partition coefficient (Wildman–Crippen LogP) is 7.83. The van der Waals surface area contributed by atoms with E-state index in [-0.39, 0.29) is 16.6 Å². The molecule has 0 amide bonds. The Balaban J connectivity index is 1.59. The molecule has 3 aromatic rings. The van der Waals surface area contributed by atoms with E-state index in [1.807, 2.05) is 36.9 Å². The number of carbonyl (C=O) groups excluding carboxylic acids is 1. The van der Waals surface area contributed by atoms with Crippen LogP contribution in [0.25, 0.3) is 0 Å². The lowest BCUT2D eigenvalue weighted by molar-refractivity contribution is -0.116. The summed E-state index contributed by atoms with van der Waals surface area (Å²) >= 11 is 7.94. The summed E-state index contributed by atoms with van der Waals surface area (Å²) < 4.78 is 14.0. The summed E-state index contributed by atoms with van der Waals surface area (Å²) in [5.41, 5.74) is 14.5. The van der Waals surface area contributed by atoms with E-state index in [2.05, 4.69) is 37.3 Å². The highest BCUT2D eigenvalue weighted by atomic mass is 35.5. The van der Waals surface area contributed by atoms with Crippen LogP contribution in [-0.2, 0) is 16.3 Å². The van der Waals surface area contributed by atoms with Gasteiger partial charge in [0, 0.05) is 34.9 Å². The van der Waals surface area contributed by atoms with Crippen LogP contribution in [0.5, 0.6) is 0 Å². The molecule has 0 spiro atoms. The van der Waals surface area contributed by atoms with Crippen LogP contribution in [0.2, 0.25) is 5.02 Å². The van der Waals surface area contributed by atoms with Gasteiger partial charge in [0.25, 0.3) is 0 Å². The second-order valence-corrected chi connectivity index (χ2v) is 11.4. The number of carbonyl (C=O) groups is 1. The van der Waals surface area contributed by atoms with Crippen molar-refractivity contribution >= 4 is 34.8 Å². The normalized spacial score (nSPS) is 17.4. The number of hydrogen-bond acceptors (Lipinski definition) is 5. The molecule has 2 aliphatic rings. The predicted molar refractivity (Wildman–Crippen MR) is 157 cm³/mol. The lowest BCUT2D eigenvalue weighted by Crippen LogP contribution is -2.39. The van der Waals surface area contributed by atoms with E-state index >= 15 is 0 Å². The van der Waals surface area contributed by atoms with Gasteiger partial charge in [-0.15, -0.1) is 0 Å². The molecule has 198 valence electrons. The second kappa shape index (κ2) is 11.3. The number of ketones is 1. The molecule has 0 saturated heterocycles. The van der Waals surface area contributed by atoms with Crippen molar-refractivity contribution < 1.29 is 9.18 Å². The first-order valence-corrected chi connectivity index (χ1v) is 14.5. The third kappa shape index (κ3) is 5.22. The van der Waals surface area contributed by atoms with Crippen molar-refractivity contribution in [3.8, 4) is 6.07 Å². The third-order valence-electron chi connectivity index (χ3n) is 7.48. The molecule has 0 saturated carbocycles. The van der Waals surface area contributed by atoms with Gasteiger partial charge in [0.2, 0.25) is 0 Å². The number of rotatable bonds is 6. The van der Waals surface area contributed by atoms with Crippen LogP contribution in [0.1, 0.15) is 53.0 Å². The van der Waals surface area contributed by atoms with Crippen molar-refractivity contribution in [3.63, 3.8) is 0 Å². The fraction of sp³-hybridized carbons (Fsp3) is 0.250. The van der Waals surface area contributed by atoms with Crippen molar-refractivity contribution in [2.75, 3.05) is 4.90 Å². The lowest BCUT2D eigenvalue weighted by Gasteiger charge is -2.40. The summed E-state index contributed by atoms with van der Waals surface area (Å²) in [6.45, 7) is 4.12. The van der Waals surface area contributed by atoms with Gasteiger partial charge in [-0.05, 0) is 72.7 Å². The molecule has 1 heterocycles. The van der Waals surface area contributed by atoms with E-state index in [4.69, 9.17) is 17.3 Å². The van der Waals surface area contributed by atoms with Gasteiger partial charge in [0.05, 0.1) is 22.6 Å². The van der Waals surface area contributed by atoms with Crippen molar-refractivity contribution in [1.82, 2.24) is 0 Å². The zero-order valence-corrected chi connectivity index (χ0v) is 23.5. The highest BCUT2D eigenvalue weighted by Gasteiger charge is 2.41. The first-order valence-electron chi connectivity index (χ1n) is 12.9. The number of Topliss-reactive ketones (excluding diaryl/α,β-unsaturated/α-hetero) is 1. The molecule has 39 heavy (non-hydrogen) atoms. The van der Waals surface area contributed by atoms with E-state index < -0.39 is 11.7 Å².